The molecule has 0 saturated carbocycles. The van der Waals surface area contributed by atoms with Crippen LogP contribution in [0.15, 0.2) is 17.5 Å². The highest BCUT2D eigenvalue weighted by Gasteiger charge is 2.17. The predicted molar refractivity (Wildman–Crippen MR) is 63.7 cm³/mol. The number of ether oxygens (including phenoxy) is 1. The molecule has 1 heterocycles. The van der Waals surface area contributed by atoms with Gasteiger partial charge in [0.25, 0.3) is 0 Å². The molecule has 0 bridgehead atoms. The molecule has 0 aliphatic rings. The topological polar surface area (TPSA) is 49.8 Å². The summed E-state index contributed by atoms with van der Waals surface area (Å²) in [7, 11) is 1.71. The molecule has 16 heavy (non-hydrogen) atoms. The highest BCUT2D eigenvalue weighted by atomic mass is 32.1. The van der Waals surface area contributed by atoms with Crippen LogP contribution in [0.5, 0.6) is 0 Å². The van der Waals surface area contributed by atoms with Gasteiger partial charge in [0.2, 0.25) is 0 Å². The predicted octanol–water partition coefficient (Wildman–Crippen LogP) is 1.74. The normalized spacial score (nSPS) is 12.2. The molecular weight excluding hydrogens is 226 g/mol. The number of nitrogens with zero attached hydrogens (tertiary/aromatic N) is 1. The first-order valence-electron chi connectivity index (χ1n) is 5.18. The van der Waals surface area contributed by atoms with Crippen molar-refractivity contribution in [1.29, 1.82) is 0 Å². The molecule has 1 aromatic heterocycles. The zero-order valence-corrected chi connectivity index (χ0v) is 10.4. The number of aliphatic hydroxyl groups is 1. The van der Waals surface area contributed by atoms with Crippen LogP contribution >= 0.6 is 11.3 Å². The molecule has 0 aliphatic heterocycles. The van der Waals surface area contributed by atoms with E-state index >= 15 is 0 Å². The van der Waals surface area contributed by atoms with Gasteiger partial charge in [0.05, 0.1) is 6.61 Å². The lowest BCUT2D eigenvalue weighted by Crippen LogP contribution is -2.37. The molecule has 0 radical (unpaired) electrons. The summed E-state index contributed by atoms with van der Waals surface area (Å²) in [5, 5.41) is 10.6. The maximum absolute atomic E-state index is 11.5. The lowest BCUT2D eigenvalue weighted by molar-refractivity contribution is 0.0820. The molecule has 90 valence electrons. The summed E-state index contributed by atoms with van der Waals surface area (Å²) in [6, 6.07) is 4.13. The molecule has 1 N–H and O–H groups in total. The number of carbonyl (C=O) groups is 1. The molecule has 1 unspecified atom stereocenters. The number of hydrogen-bond donors (Lipinski definition) is 1. The van der Waals surface area contributed by atoms with Gasteiger partial charge in [0.15, 0.2) is 0 Å². The third-order valence-corrected chi connectivity index (χ3v) is 3.24. The van der Waals surface area contributed by atoms with Crippen LogP contribution in [0.3, 0.4) is 0 Å². The van der Waals surface area contributed by atoms with E-state index in [4.69, 9.17) is 9.84 Å². The maximum atomic E-state index is 11.5. The van der Waals surface area contributed by atoms with E-state index in [9.17, 15) is 4.79 Å². The summed E-state index contributed by atoms with van der Waals surface area (Å²) in [5.41, 5.74) is 0. The Balaban J connectivity index is 2.40. The Morgan fingerprint density at radius 1 is 1.69 bits per heavy atom. The second-order valence-corrected chi connectivity index (χ2v) is 4.61. The van der Waals surface area contributed by atoms with Gasteiger partial charge in [0, 0.05) is 24.4 Å². The largest absolute Gasteiger partial charge is 0.447 e. The molecule has 1 atom stereocenters. The van der Waals surface area contributed by atoms with Crippen LogP contribution in [-0.4, -0.2) is 42.4 Å². The van der Waals surface area contributed by atoms with Crippen molar-refractivity contribution in [3.8, 4) is 0 Å². The summed E-state index contributed by atoms with van der Waals surface area (Å²) in [6.45, 7) is 1.88. The summed E-state index contributed by atoms with van der Waals surface area (Å²) in [6.07, 6.45) is 0.431. The second kappa shape index (κ2) is 6.50. The van der Waals surface area contributed by atoms with Crippen molar-refractivity contribution >= 4 is 17.4 Å². The standard InChI is InChI=1S/C11H17NO3S/c1-9(8-10-4-3-7-16-10)12(2)11(14)15-6-5-13/h3-4,7,9,13H,5-6,8H2,1-2H3. The Labute approximate surface area is 99.5 Å². The zero-order valence-electron chi connectivity index (χ0n) is 9.55. The molecule has 5 heteroatoms. The lowest BCUT2D eigenvalue weighted by Gasteiger charge is -2.23. The van der Waals surface area contributed by atoms with Crippen molar-refractivity contribution in [2.75, 3.05) is 20.3 Å². The van der Waals surface area contributed by atoms with E-state index in [-0.39, 0.29) is 19.3 Å². The molecule has 0 aromatic carbocycles. The van der Waals surface area contributed by atoms with Crippen molar-refractivity contribution in [1.82, 2.24) is 4.90 Å². The maximum Gasteiger partial charge on any atom is 0.409 e. The van der Waals surface area contributed by atoms with Crippen molar-refractivity contribution in [3.05, 3.63) is 22.4 Å². The van der Waals surface area contributed by atoms with Gasteiger partial charge in [-0.15, -0.1) is 11.3 Å². The number of rotatable bonds is 5. The molecule has 1 rings (SSSR count). The minimum atomic E-state index is -0.391. The fourth-order valence-electron chi connectivity index (χ4n) is 1.27. The van der Waals surface area contributed by atoms with Gasteiger partial charge in [0.1, 0.15) is 6.61 Å². The highest BCUT2D eigenvalue weighted by Crippen LogP contribution is 2.13. The second-order valence-electron chi connectivity index (χ2n) is 3.58. The molecule has 1 aromatic rings. The van der Waals surface area contributed by atoms with Gasteiger partial charge in [-0.3, -0.25) is 0 Å². The fraction of sp³-hybridized carbons (Fsp3) is 0.545. The van der Waals surface area contributed by atoms with Crippen molar-refractivity contribution < 1.29 is 14.6 Å². The number of aliphatic hydroxyl groups excluding tert-OH is 1. The minimum absolute atomic E-state index is 0.0505. The summed E-state index contributed by atoms with van der Waals surface area (Å²) in [4.78, 5) is 14.3. The van der Waals surface area contributed by atoms with Crippen LogP contribution < -0.4 is 0 Å². The fourth-order valence-corrected chi connectivity index (χ4v) is 2.10. The smallest absolute Gasteiger partial charge is 0.409 e. The van der Waals surface area contributed by atoms with E-state index in [1.807, 2.05) is 24.4 Å². The van der Waals surface area contributed by atoms with Crippen LogP contribution in [-0.2, 0) is 11.2 Å². The summed E-state index contributed by atoms with van der Waals surface area (Å²) < 4.78 is 4.83. The van der Waals surface area contributed by atoms with Gasteiger partial charge in [-0.2, -0.15) is 0 Å². The van der Waals surface area contributed by atoms with Gasteiger partial charge in [-0.05, 0) is 18.4 Å². The van der Waals surface area contributed by atoms with Crippen LogP contribution in [0.25, 0.3) is 0 Å². The van der Waals surface area contributed by atoms with Gasteiger partial charge < -0.3 is 14.7 Å². The van der Waals surface area contributed by atoms with Crippen LogP contribution in [0.1, 0.15) is 11.8 Å². The Morgan fingerprint density at radius 3 is 3.00 bits per heavy atom. The SMILES string of the molecule is CC(Cc1cccs1)N(C)C(=O)OCCO. The Kier molecular flexibility index (Phi) is 5.28. The lowest BCUT2D eigenvalue weighted by atomic mass is 10.2. The van der Waals surface area contributed by atoms with Crippen LogP contribution in [0.2, 0.25) is 0 Å². The van der Waals surface area contributed by atoms with E-state index in [0.717, 1.165) is 6.42 Å². The number of hydrogen-bond acceptors (Lipinski definition) is 4. The summed E-state index contributed by atoms with van der Waals surface area (Å²) >= 11 is 1.68. The average molecular weight is 243 g/mol. The van der Waals surface area contributed by atoms with Gasteiger partial charge in [-0.25, -0.2) is 4.79 Å². The Hall–Kier alpha value is -1.07. The monoisotopic (exact) mass is 243 g/mol. The number of amides is 1. The Bertz CT molecular complexity index is 313. The van der Waals surface area contributed by atoms with Crippen molar-refractivity contribution in [2.45, 2.75) is 19.4 Å². The number of thiophene rings is 1. The zero-order chi connectivity index (χ0) is 12.0. The highest BCUT2D eigenvalue weighted by molar-refractivity contribution is 7.09. The molecule has 0 fully saturated rings. The number of likely N-dealkylation sites (N-methyl/N-ethyl adjacent to an activating group) is 1. The minimum Gasteiger partial charge on any atom is -0.447 e. The number of carbonyl (C=O) groups excluding carboxylic acids is 1. The molecular formula is C11H17NO3S. The van der Waals surface area contributed by atoms with E-state index in [1.165, 1.54) is 4.88 Å². The molecule has 1 amide bonds. The molecule has 0 spiro atoms. The van der Waals surface area contributed by atoms with E-state index in [0.29, 0.717) is 0 Å². The first kappa shape index (κ1) is 13.0. The van der Waals surface area contributed by atoms with Crippen LogP contribution in [0, 0.1) is 0 Å². The van der Waals surface area contributed by atoms with Gasteiger partial charge in [-0.1, -0.05) is 6.07 Å². The quantitative estimate of drug-likeness (QED) is 0.857. The third-order valence-electron chi connectivity index (χ3n) is 2.34. The van der Waals surface area contributed by atoms with Crippen LogP contribution in [0.4, 0.5) is 4.79 Å². The molecule has 4 nitrogen and oxygen atoms in total. The van der Waals surface area contributed by atoms with E-state index in [1.54, 1.807) is 23.3 Å². The summed E-state index contributed by atoms with van der Waals surface area (Å²) in [5.74, 6) is 0. The van der Waals surface area contributed by atoms with Crippen molar-refractivity contribution in [3.63, 3.8) is 0 Å². The third kappa shape index (κ3) is 3.83. The first-order valence-corrected chi connectivity index (χ1v) is 6.06. The Morgan fingerprint density at radius 2 is 2.44 bits per heavy atom. The first-order chi connectivity index (χ1) is 7.65. The van der Waals surface area contributed by atoms with Crippen molar-refractivity contribution in [2.24, 2.45) is 0 Å². The average Bonchev–Trinajstić information content (AvgIpc) is 2.77. The molecule has 0 aliphatic carbocycles. The van der Waals surface area contributed by atoms with E-state index in [2.05, 4.69) is 0 Å². The van der Waals surface area contributed by atoms with E-state index < -0.39 is 6.09 Å². The van der Waals surface area contributed by atoms with Gasteiger partial charge >= 0.3 is 6.09 Å². The molecule has 0 saturated heterocycles.